The van der Waals surface area contributed by atoms with Gasteiger partial charge in [0.05, 0.1) is 29.3 Å². The highest BCUT2D eigenvalue weighted by molar-refractivity contribution is 6.37. The Morgan fingerprint density at radius 3 is 2.33 bits per heavy atom. The molecule has 1 amide bonds. The van der Waals surface area contributed by atoms with Crippen molar-refractivity contribution in [3.63, 3.8) is 0 Å². The molecule has 2 bridgehead atoms. The molecule has 2 aliphatic heterocycles. The minimum absolute atomic E-state index is 0.0400. The molecule has 1 saturated carbocycles. The van der Waals surface area contributed by atoms with Gasteiger partial charge in [-0.05, 0) is 84.2 Å². The number of hydrogen-bond acceptors (Lipinski definition) is 5. The zero-order valence-corrected chi connectivity index (χ0v) is 28.1. The number of methoxy groups -OCH3 is 1. The number of amides is 1. The number of nitrogens with one attached hydrogen (secondary N) is 2. The lowest BCUT2D eigenvalue weighted by molar-refractivity contribution is -0.128. The summed E-state index contributed by atoms with van der Waals surface area (Å²) >= 11 is 19.4. The molecule has 9 heteroatoms. The first-order valence-electron chi connectivity index (χ1n) is 15.8. The molecule has 2 atom stereocenters. The number of piperazine rings is 1. The van der Waals surface area contributed by atoms with Gasteiger partial charge < -0.3 is 25.0 Å². The second kappa shape index (κ2) is 14.5. The van der Waals surface area contributed by atoms with Crippen LogP contribution in [-0.4, -0.2) is 62.3 Å². The van der Waals surface area contributed by atoms with Gasteiger partial charge in [0.25, 0.3) is 5.91 Å². The topological polar surface area (TPSA) is 62.8 Å². The molecule has 45 heavy (non-hydrogen) atoms. The summed E-state index contributed by atoms with van der Waals surface area (Å²) in [6.45, 7) is 5.16. The lowest BCUT2D eigenvalue weighted by Gasteiger charge is -2.41. The third kappa shape index (κ3) is 7.70. The van der Waals surface area contributed by atoms with Crippen LogP contribution in [0.5, 0.6) is 5.75 Å². The third-order valence-corrected chi connectivity index (χ3v) is 9.84. The Labute approximate surface area is 281 Å². The Morgan fingerprint density at radius 1 is 0.911 bits per heavy atom. The van der Waals surface area contributed by atoms with Crippen LogP contribution in [0.3, 0.4) is 0 Å². The number of benzene rings is 3. The Morgan fingerprint density at radius 2 is 1.62 bits per heavy atom. The molecule has 6 nitrogen and oxygen atoms in total. The van der Waals surface area contributed by atoms with E-state index in [4.69, 9.17) is 44.3 Å². The number of aryl methyl sites for hydroxylation is 1. The van der Waals surface area contributed by atoms with Gasteiger partial charge in [-0.2, -0.15) is 0 Å². The predicted molar refractivity (Wildman–Crippen MR) is 183 cm³/mol. The van der Waals surface area contributed by atoms with Crippen molar-refractivity contribution in [1.82, 2.24) is 15.5 Å². The molecule has 0 spiro atoms. The van der Waals surface area contributed by atoms with Crippen molar-refractivity contribution in [2.45, 2.75) is 63.7 Å². The summed E-state index contributed by atoms with van der Waals surface area (Å²) in [5.41, 5.74) is 7.39. The maximum absolute atomic E-state index is 14.6. The van der Waals surface area contributed by atoms with Gasteiger partial charge in [-0.3, -0.25) is 4.79 Å². The van der Waals surface area contributed by atoms with Crippen LogP contribution in [0, 0.1) is 6.92 Å². The average molecular weight is 669 g/mol. The Hall–Kier alpha value is -2.58. The van der Waals surface area contributed by atoms with Gasteiger partial charge in [-0.1, -0.05) is 71.2 Å². The molecule has 1 saturated heterocycles. The Kier molecular flexibility index (Phi) is 10.4. The van der Waals surface area contributed by atoms with E-state index in [1.165, 1.54) is 0 Å². The fourth-order valence-corrected chi connectivity index (χ4v) is 7.31. The molecule has 1 aliphatic carbocycles. The molecule has 2 N–H and O–H groups in total. The summed E-state index contributed by atoms with van der Waals surface area (Å²) in [5, 5.41) is 9.00. The van der Waals surface area contributed by atoms with Crippen LogP contribution in [0.1, 0.15) is 47.1 Å². The van der Waals surface area contributed by atoms with Crippen molar-refractivity contribution in [3.05, 3.63) is 103 Å². The molecule has 238 valence electrons. The van der Waals surface area contributed by atoms with E-state index in [0.29, 0.717) is 47.0 Å². The molecule has 3 aromatic carbocycles. The number of halogens is 3. The first kappa shape index (κ1) is 32.4. The minimum atomic E-state index is -0.0400. The summed E-state index contributed by atoms with van der Waals surface area (Å²) in [7, 11) is 1.71. The number of fused-ring (bicyclic) bond motifs is 2. The van der Waals surface area contributed by atoms with Gasteiger partial charge in [-0.25, -0.2) is 0 Å². The fraction of sp³-hybridized carbons (Fsp3) is 0.417. The van der Waals surface area contributed by atoms with Crippen LogP contribution in [0.2, 0.25) is 15.1 Å². The highest BCUT2D eigenvalue weighted by Crippen LogP contribution is 2.37. The standard InChI is InChI=1S/C36H40Cl3N3O3/c1-22-15-31(38)35(32(39)16-22)45-14-12-23-3-6-25(7-4-23)29-18-27-19-40-20-33(41-27)34(29)36(43)42(28-8-9-28)21-26-17-24(11-13-44-2)5-10-30(26)37/h3-7,10,15-17,27-28,33,40-41H,8-9,11-14,18-21H2,1-2H3. The number of rotatable bonds is 12. The average Bonchev–Trinajstić information content (AvgIpc) is 3.87. The van der Waals surface area contributed by atoms with Gasteiger partial charge in [-0.15, -0.1) is 0 Å². The maximum Gasteiger partial charge on any atom is 0.252 e. The van der Waals surface area contributed by atoms with Crippen LogP contribution in [-0.2, 0) is 28.9 Å². The molecule has 2 heterocycles. The molecule has 0 radical (unpaired) electrons. The molecule has 0 aromatic heterocycles. The number of carbonyl (C=O) groups is 1. The first-order chi connectivity index (χ1) is 21.8. The smallest absolute Gasteiger partial charge is 0.252 e. The summed E-state index contributed by atoms with van der Waals surface area (Å²) in [5.74, 6) is 0.627. The molecular weight excluding hydrogens is 629 g/mol. The Balaban J connectivity index is 1.23. The highest BCUT2D eigenvalue weighted by Gasteiger charge is 2.41. The number of hydrogen-bond donors (Lipinski definition) is 2. The van der Waals surface area contributed by atoms with Crippen LogP contribution >= 0.6 is 34.8 Å². The largest absolute Gasteiger partial charge is 0.490 e. The predicted octanol–water partition coefficient (Wildman–Crippen LogP) is 7.04. The van der Waals surface area contributed by atoms with Crippen molar-refractivity contribution >= 4 is 46.3 Å². The highest BCUT2D eigenvalue weighted by atomic mass is 35.5. The van der Waals surface area contributed by atoms with E-state index < -0.39 is 0 Å². The number of carbonyl (C=O) groups excluding carboxylic acids is 1. The van der Waals surface area contributed by atoms with E-state index in [1.807, 2.05) is 31.2 Å². The molecule has 2 fully saturated rings. The lowest BCUT2D eigenvalue weighted by atomic mass is 9.83. The number of ether oxygens (including phenoxy) is 2. The second-order valence-electron chi connectivity index (χ2n) is 12.4. The summed E-state index contributed by atoms with van der Waals surface area (Å²) in [4.78, 5) is 16.6. The van der Waals surface area contributed by atoms with E-state index in [-0.39, 0.29) is 24.0 Å². The van der Waals surface area contributed by atoms with Crippen molar-refractivity contribution in [2.24, 2.45) is 0 Å². The summed E-state index contributed by atoms with van der Waals surface area (Å²) < 4.78 is 11.2. The molecule has 6 rings (SSSR count). The van der Waals surface area contributed by atoms with Crippen LogP contribution in [0.4, 0.5) is 0 Å². The van der Waals surface area contributed by atoms with Gasteiger partial charge in [0, 0.05) is 55.8 Å². The molecule has 2 unspecified atom stereocenters. The third-order valence-electron chi connectivity index (χ3n) is 8.91. The summed E-state index contributed by atoms with van der Waals surface area (Å²) in [6, 6.07) is 18.9. The van der Waals surface area contributed by atoms with Gasteiger partial charge in [0.1, 0.15) is 0 Å². The second-order valence-corrected chi connectivity index (χ2v) is 13.6. The van der Waals surface area contributed by atoms with E-state index in [1.54, 1.807) is 7.11 Å². The van der Waals surface area contributed by atoms with Crippen LogP contribution in [0.15, 0.2) is 60.2 Å². The van der Waals surface area contributed by atoms with E-state index in [0.717, 1.165) is 77.7 Å². The minimum Gasteiger partial charge on any atom is -0.490 e. The lowest BCUT2D eigenvalue weighted by Crippen LogP contribution is -2.60. The van der Waals surface area contributed by atoms with E-state index in [9.17, 15) is 4.79 Å². The van der Waals surface area contributed by atoms with Gasteiger partial charge in [0.15, 0.2) is 5.75 Å². The van der Waals surface area contributed by atoms with Crippen LogP contribution in [0.25, 0.3) is 5.57 Å². The monoisotopic (exact) mass is 667 g/mol. The molecular formula is C36H40Cl3N3O3. The Bertz CT molecular complexity index is 1550. The fourth-order valence-electron chi connectivity index (χ4n) is 6.42. The SMILES string of the molecule is COCCc1ccc(Cl)c(CN(C(=O)C2=C(c3ccc(CCOc4c(Cl)cc(C)cc4Cl)cc3)CC3CNCC2N3)C2CC2)c1. The van der Waals surface area contributed by atoms with Gasteiger partial charge in [0.2, 0.25) is 0 Å². The summed E-state index contributed by atoms with van der Waals surface area (Å²) in [6.07, 6.45) is 4.35. The van der Waals surface area contributed by atoms with Gasteiger partial charge >= 0.3 is 0 Å². The van der Waals surface area contributed by atoms with Crippen molar-refractivity contribution in [2.75, 3.05) is 33.4 Å². The van der Waals surface area contributed by atoms with Crippen molar-refractivity contribution in [3.8, 4) is 5.75 Å². The zero-order chi connectivity index (χ0) is 31.5. The first-order valence-corrected chi connectivity index (χ1v) is 16.9. The van der Waals surface area contributed by atoms with E-state index >= 15 is 0 Å². The quantitative estimate of drug-likeness (QED) is 0.217. The van der Waals surface area contributed by atoms with E-state index in [2.05, 4.69) is 45.9 Å². The van der Waals surface area contributed by atoms with Crippen molar-refractivity contribution in [1.29, 1.82) is 0 Å². The zero-order valence-electron chi connectivity index (χ0n) is 25.8. The molecule has 3 aromatic rings. The maximum atomic E-state index is 14.6. The van der Waals surface area contributed by atoms with Crippen molar-refractivity contribution < 1.29 is 14.3 Å². The normalized spacial score (nSPS) is 19.5. The number of nitrogens with zero attached hydrogens (tertiary/aromatic N) is 1. The van der Waals surface area contributed by atoms with Crippen LogP contribution < -0.4 is 15.4 Å². The molecule has 3 aliphatic rings.